The molecular weight excluding hydrogens is 284 g/mol. The maximum absolute atomic E-state index is 11.4. The Morgan fingerprint density at radius 3 is 1.67 bits per heavy atom. The summed E-state index contributed by atoms with van der Waals surface area (Å²) in [5, 5.41) is 0. The Bertz CT molecular complexity index is 468. The van der Waals surface area contributed by atoms with Crippen molar-refractivity contribution in [1.82, 2.24) is 0 Å². The number of hydrogen-bond acceptors (Lipinski definition) is 8. The van der Waals surface area contributed by atoms with Crippen LogP contribution in [0.15, 0.2) is 49.5 Å². The lowest BCUT2D eigenvalue weighted by Gasteiger charge is -2.10. The van der Waals surface area contributed by atoms with Crippen LogP contribution in [0.4, 0.5) is 0 Å². The summed E-state index contributed by atoms with van der Waals surface area (Å²) in [6, 6.07) is 0. The molecule has 0 aromatic carbocycles. The van der Waals surface area contributed by atoms with Crippen molar-refractivity contribution in [3.8, 4) is 0 Å². The molecule has 0 radical (unpaired) electrons. The van der Waals surface area contributed by atoms with E-state index in [-0.39, 0.29) is 31.2 Å². The van der Waals surface area contributed by atoms with Crippen LogP contribution in [0.2, 0.25) is 0 Å². The molecule has 0 atom stereocenters. The van der Waals surface area contributed by atoms with Gasteiger partial charge in [0.2, 0.25) is 0 Å². The summed E-state index contributed by atoms with van der Waals surface area (Å²) < 4.78 is 28.9. The van der Waals surface area contributed by atoms with Crippen molar-refractivity contribution < 1.29 is 38.0 Å². The van der Waals surface area contributed by atoms with E-state index in [1.165, 1.54) is 25.0 Å². The second-order valence-corrected chi connectivity index (χ2v) is 3.73. The van der Waals surface area contributed by atoms with Gasteiger partial charge in [0.05, 0.1) is 0 Å². The molecule has 2 rings (SSSR count). The van der Waals surface area contributed by atoms with Gasteiger partial charge in [-0.3, -0.25) is 9.59 Å². The predicted octanol–water partition coefficient (Wildman–Crippen LogP) is 1.88. The van der Waals surface area contributed by atoms with E-state index in [4.69, 9.17) is 28.4 Å². The SMILES string of the molecule is O=C(CCCC(=O)OC1=COC=CO1)OC1=COC=CO1. The summed E-state index contributed by atoms with van der Waals surface area (Å²) in [4.78, 5) is 22.9. The molecule has 2 aliphatic heterocycles. The lowest BCUT2D eigenvalue weighted by Crippen LogP contribution is -2.10. The number of esters is 2. The third kappa shape index (κ3) is 5.31. The molecule has 2 heterocycles. The van der Waals surface area contributed by atoms with E-state index in [2.05, 4.69) is 0 Å². The molecule has 0 unspecified atom stereocenters. The molecule has 8 heteroatoms. The average molecular weight is 296 g/mol. The molecule has 0 aliphatic carbocycles. The summed E-state index contributed by atoms with van der Waals surface area (Å²) in [6.45, 7) is 0. The van der Waals surface area contributed by atoms with E-state index in [0.717, 1.165) is 12.5 Å². The van der Waals surface area contributed by atoms with Gasteiger partial charge in [0.25, 0.3) is 0 Å². The lowest BCUT2D eigenvalue weighted by molar-refractivity contribution is -0.146. The minimum Gasteiger partial charge on any atom is -0.462 e. The standard InChI is InChI=1S/C13H12O8/c14-10(20-12-8-16-4-6-18-12)2-1-3-11(15)21-13-9-17-5-7-19-13/h4-9H,1-3H2. The number of carbonyl (C=O) groups excluding carboxylic acids is 2. The van der Waals surface area contributed by atoms with Crippen molar-refractivity contribution in [2.24, 2.45) is 0 Å². The Morgan fingerprint density at radius 2 is 1.29 bits per heavy atom. The van der Waals surface area contributed by atoms with Crippen molar-refractivity contribution in [3.05, 3.63) is 49.5 Å². The van der Waals surface area contributed by atoms with Gasteiger partial charge in [-0.25, -0.2) is 0 Å². The second kappa shape index (κ2) is 7.63. The number of ether oxygens (including phenoxy) is 6. The maximum Gasteiger partial charge on any atom is 0.329 e. The third-order valence-electron chi connectivity index (χ3n) is 2.16. The monoisotopic (exact) mass is 296 g/mol. The summed E-state index contributed by atoms with van der Waals surface area (Å²) in [5.74, 6) is -1.22. The maximum atomic E-state index is 11.4. The summed E-state index contributed by atoms with van der Waals surface area (Å²) in [5.41, 5.74) is 0. The zero-order valence-corrected chi connectivity index (χ0v) is 10.9. The van der Waals surface area contributed by atoms with Crippen LogP contribution in [-0.2, 0) is 38.0 Å². The van der Waals surface area contributed by atoms with Crippen molar-refractivity contribution in [1.29, 1.82) is 0 Å². The van der Waals surface area contributed by atoms with Gasteiger partial charge < -0.3 is 28.4 Å². The van der Waals surface area contributed by atoms with Crippen LogP contribution in [0.1, 0.15) is 19.3 Å². The van der Waals surface area contributed by atoms with Crippen LogP contribution in [0.5, 0.6) is 0 Å². The first-order valence-electron chi connectivity index (χ1n) is 6.00. The molecule has 0 bridgehead atoms. The zero-order chi connectivity index (χ0) is 14.9. The molecule has 0 saturated heterocycles. The Kier molecular flexibility index (Phi) is 5.27. The van der Waals surface area contributed by atoms with E-state index in [9.17, 15) is 9.59 Å². The van der Waals surface area contributed by atoms with Gasteiger partial charge in [-0.2, -0.15) is 0 Å². The number of carbonyl (C=O) groups is 2. The minimum absolute atomic E-state index is 0.0236. The van der Waals surface area contributed by atoms with Crippen molar-refractivity contribution >= 4 is 11.9 Å². The fourth-order valence-corrected chi connectivity index (χ4v) is 1.30. The molecule has 0 saturated carbocycles. The van der Waals surface area contributed by atoms with Gasteiger partial charge in [0.1, 0.15) is 25.0 Å². The van der Waals surface area contributed by atoms with Crippen LogP contribution >= 0.6 is 0 Å². The van der Waals surface area contributed by atoms with E-state index < -0.39 is 11.9 Å². The lowest BCUT2D eigenvalue weighted by atomic mass is 10.2. The van der Waals surface area contributed by atoms with Crippen molar-refractivity contribution in [2.75, 3.05) is 0 Å². The summed E-state index contributed by atoms with van der Waals surface area (Å²) in [7, 11) is 0. The van der Waals surface area contributed by atoms with Crippen molar-refractivity contribution in [2.45, 2.75) is 19.3 Å². The first-order valence-corrected chi connectivity index (χ1v) is 6.00. The van der Waals surface area contributed by atoms with E-state index in [1.807, 2.05) is 0 Å². The highest BCUT2D eigenvalue weighted by molar-refractivity contribution is 5.73. The van der Waals surface area contributed by atoms with E-state index >= 15 is 0 Å². The first kappa shape index (κ1) is 14.5. The van der Waals surface area contributed by atoms with Gasteiger partial charge in [-0.05, 0) is 6.42 Å². The van der Waals surface area contributed by atoms with E-state index in [0.29, 0.717) is 0 Å². The molecule has 0 spiro atoms. The summed E-state index contributed by atoms with van der Waals surface area (Å²) >= 11 is 0. The molecule has 2 aliphatic rings. The average Bonchev–Trinajstić information content (AvgIpc) is 2.49. The normalized spacial score (nSPS) is 15.4. The van der Waals surface area contributed by atoms with Crippen LogP contribution in [-0.4, -0.2) is 11.9 Å². The molecule has 0 amide bonds. The number of hydrogen-bond donors (Lipinski definition) is 0. The van der Waals surface area contributed by atoms with E-state index in [1.54, 1.807) is 0 Å². The molecule has 0 aromatic heterocycles. The third-order valence-corrected chi connectivity index (χ3v) is 2.16. The quantitative estimate of drug-likeness (QED) is 0.686. The fraction of sp³-hybridized carbons (Fsp3) is 0.231. The second-order valence-electron chi connectivity index (χ2n) is 3.73. The van der Waals surface area contributed by atoms with Gasteiger partial charge in [0, 0.05) is 12.8 Å². The molecule has 112 valence electrons. The molecule has 0 fully saturated rings. The van der Waals surface area contributed by atoms with Crippen LogP contribution in [0.25, 0.3) is 0 Å². The summed E-state index contributed by atoms with van der Waals surface area (Å²) in [6.07, 6.45) is 7.63. The fourth-order valence-electron chi connectivity index (χ4n) is 1.30. The molecule has 0 aromatic rings. The van der Waals surface area contributed by atoms with Crippen LogP contribution < -0.4 is 0 Å². The van der Waals surface area contributed by atoms with Gasteiger partial charge in [-0.15, -0.1) is 0 Å². The van der Waals surface area contributed by atoms with Crippen LogP contribution in [0, 0.1) is 0 Å². The zero-order valence-electron chi connectivity index (χ0n) is 10.9. The van der Waals surface area contributed by atoms with Crippen LogP contribution in [0.3, 0.4) is 0 Å². The smallest absolute Gasteiger partial charge is 0.329 e. The predicted molar refractivity (Wildman–Crippen MR) is 64.8 cm³/mol. The molecule has 8 nitrogen and oxygen atoms in total. The molecule has 21 heavy (non-hydrogen) atoms. The van der Waals surface area contributed by atoms with Gasteiger partial charge >= 0.3 is 23.8 Å². The Morgan fingerprint density at radius 1 is 0.810 bits per heavy atom. The highest BCUT2D eigenvalue weighted by Gasteiger charge is 2.14. The topological polar surface area (TPSA) is 89.5 Å². The molecular formula is C13H12O8. The van der Waals surface area contributed by atoms with Crippen molar-refractivity contribution in [3.63, 3.8) is 0 Å². The first-order chi connectivity index (χ1) is 10.2. The Balaban J connectivity index is 1.60. The molecule has 0 N–H and O–H groups in total. The van der Waals surface area contributed by atoms with Gasteiger partial charge in [0.15, 0.2) is 12.5 Å². The largest absolute Gasteiger partial charge is 0.462 e. The Labute approximate surface area is 119 Å². The Hall–Kier alpha value is -2.90. The highest BCUT2D eigenvalue weighted by Crippen LogP contribution is 2.11. The van der Waals surface area contributed by atoms with Gasteiger partial charge in [-0.1, -0.05) is 0 Å². The minimum atomic E-state index is -0.549. The number of rotatable bonds is 6. The highest BCUT2D eigenvalue weighted by atomic mass is 16.7.